The van der Waals surface area contributed by atoms with Crippen molar-refractivity contribution in [1.29, 1.82) is 0 Å². The average molecular weight is 188 g/mol. The van der Waals surface area contributed by atoms with E-state index in [2.05, 4.69) is 31.0 Å². The maximum Gasteiger partial charge on any atom is 0.0652 e. The van der Waals surface area contributed by atoms with Crippen molar-refractivity contribution in [3.63, 3.8) is 0 Å². The zero-order chi connectivity index (χ0) is 10.4. The van der Waals surface area contributed by atoms with Crippen molar-refractivity contribution >= 4 is 0 Å². The van der Waals surface area contributed by atoms with Crippen LogP contribution >= 0.6 is 0 Å². The molecule has 1 unspecified atom stereocenters. The monoisotopic (exact) mass is 188 g/mol. The zero-order valence-electron chi connectivity index (χ0n) is 8.53. The lowest BCUT2D eigenvalue weighted by molar-refractivity contribution is 0.170. The van der Waals surface area contributed by atoms with E-state index in [1.54, 1.807) is 0 Å². The molecule has 0 saturated carbocycles. The van der Waals surface area contributed by atoms with E-state index in [-0.39, 0.29) is 6.10 Å². The second kappa shape index (κ2) is 5.47. The minimum absolute atomic E-state index is 0.361. The van der Waals surface area contributed by atoms with Gasteiger partial charge in [0.2, 0.25) is 0 Å². The second-order valence-corrected chi connectivity index (χ2v) is 3.59. The molecule has 0 heterocycles. The first kappa shape index (κ1) is 10.8. The molecule has 1 atom stereocenters. The summed E-state index contributed by atoms with van der Waals surface area (Å²) >= 11 is 0. The first-order valence-corrected chi connectivity index (χ1v) is 4.89. The molecule has 0 aliphatic rings. The Kier molecular flexibility index (Phi) is 4.22. The SMILES string of the molecule is C#CCC(O)CCc1cccc(C)c1. The summed E-state index contributed by atoms with van der Waals surface area (Å²) < 4.78 is 0. The molecule has 1 aromatic carbocycles. The highest BCUT2D eigenvalue weighted by atomic mass is 16.3. The molecule has 1 nitrogen and oxygen atoms in total. The van der Waals surface area contributed by atoms with Gasteiger partial charge < -0.3 is 5.11 Å². The molecule has 0 spiro atoms. The van der Waals surface area contributed by atoms with Crippen molar-refractivity contribution in [2.45, 2.75) is 32.3 Å². The van der Waals surface area contributed by atoms with Gasteiger partial charge in [-0.25, -0.2) is 0 Å². The summed E-state index contributed by atoms with van der Waals surface area (Å²) in [5.74, 6) is 2.47. The fourth-order valence-corrected chi connectivity index (χ4v) is 1.44. The Morgan fingerprint density at radius 2 is 2.29 bits per heavy atom. The Balaban J connectivity index is 2.42. The Morgan fingerprint density at radius 3 is 2.93 bits per heavy atom. The molecule has 0 fully saturated rings. The van der Waals surface area contributed by atoms with Crippen molar-refractivity contribution in [1.82, 2.24) is 0 Å². The molecule has 14 heavy (non-hydrogen) atoms. The quantitative estimate of drug-likeness (QED) is 0.719. The number of hydrogen-bond acceptors (Lipinski definition) is 1. The van der Waals surface area contributed by atoms with Crippen LogP contribution in [0.1, 0.15) is 24.0 Å². The van der Waals surface area contributed by atoms with Gasteiger partial charge in [0.25, 0.3) is 0 Å². The van der Waals surface area contributed by atoms with Crippen LogP contribution in [0.3, 0.4) is 0 Å². The van der Waals surface area contributed by atoms with E-state index in [9.17, 15) is 5.11 Å². The van der Waals surface area contributed by atoms with Crippen LogP contribution < -0.4 is 0 Å². The van der Waals surface area contributed by atoms with Gasteiger partial charge in [0.05, 0.1) is 6.10 Å². The van der Waals surface area contributed by atoms with Crippen LogP contribution in [0.5, 0.6) is 0 Å². The highest BCUT2D eigenvalue weighted by molar-refractivity contribution is 5.22. The first-order chi connectivity index (χ1) is 6.72. The average Bonchev–Trinajstić information content (AvgIpc) is 2.15. The Labute approximate surface area is 85.8 Å². The first-order valence-electron chi connectivity index (χ1n) is 4.89. The molecule has 0 bridgehead atoms. The van der Waals surface area contributed by atoms with Crippen molar-refractivity contribution in [2.75, 3.05) is 0 Å². The highest BCUT2D eigenvalue weighted by Gasteiger charge is 2.02. The fourth-order valence-electron chi connectivity index (χ4n) is 1.44. The molecule has 0 saturated heterocycles. The fraction of sp³-hybridized carbons (Fsp3) is 0.385. The van der Waals surface area contributed by atoms with Gasteiger partial charge in [0.15, 0.2) is 0 Å². The summed E-state index contributed by atoms with van der Waals surface area (Å²) in [7, 11) is 0. The van der Waals surface area contributed by atoms with E-state index in [1.807, 2.05) is 6.07 Å². The molecule has 0 aromatic heterocycles. The summed E-state index contributed by atoms with van der Waals surface area (Å²) in [4.78, 5) is 0. The molecule has 1 aromatic rings. The van der Waals surface area contributed by atoms with E-state index in [0.29, 0.717) is 6.42 Å². The zero-order valence-corrected chi connectivity index (χ0v) is 8.53. The van der Waals surface area contributed by atoms with Crippen molar-refractivity contribution in [3.05, 3.63) is 35.4 Å². The van der Waals surface area contributed by atoms with Crippen LogP contribution in [-0.2, 0) is 6.42 Å². The van der Waals surface area contributed by atoms with Crippen molar-refractivity contribution in [2.24, 2.45) is 0 Å². The number of terminal acetylenes is 1. The van der Waals surface area contributed by atoms with E-state index in [1.165, 1.54) is 11.1 Å². The number of rotatable bonds is 4. The maximum absolute atomic E-state index is 9.44. The van der Waals surface area contributed by atoms with Gasteiger partial charge in [-0.1, -0.05) is 29.8 Å². The highest BCUT2D eigenvalue weighted by Crippen LogP contribution is 2.09. The van der Waals surface area contributed by atoms with Crippen LogP contribution in [-0.4, -0.2) is 11.2 Å². The van der Waals surface area contributed by atoms with Crippen LogP contribution in [0.2, 0.25) is 0 Å². The van der Waals surface area contributed by atoms with Crippen LogP contribution in [0.15, 0.2) is 24.3 Å². The van der Waals surface area contributed by atoms with Gasteiger partial charge in [-0.15, -0.1) is 12.3 Å². The number of aliphatic hydroxyl groups is 1. The van der Waals surface area contributed by atoms with Crippen LogP contribution in [0, 0.1) is 19.3 Å². The van der Waals surface area contributed by atoms with E-state index < -0.39 is 0 Å². The minimum atomic E-state index is -0.361. The second-order valence-electron chi connectivity index (χ2n) is 3.59. The topological polar surface area (TPSA) is 20.2 Å². The molecule has 0 aliphatic heterocycles. The molecule has 1 rings (SSSR count). The number of aliphatic hydroxyl groups excluding tert-OH is 1. The van der Waals surface area contributed by atoms with Gasteiger partial charge in [-0.05, 0) is 25.3 Å². The van der Waals surface area contributed by atoms with Crippen LogP contribution in [0.4, 0.5) is 0 Å². The Bertz CT molecular complexity index is 322. The van der Waals surface area contributed by atoms with E-state index in [4.69, 9.17) is 6.42 Å². The van der Waals surface area contributed by atoms with E-state index >= 15 is 0 Å². The van der Waals surface area contributed by atoms with E-state index in [0.717, 1.165) is 12.8 Å². The third-order valence-electron chi connectivity index (χ3n) is 2.20. The third kappa shape index (κ3) is 3.64. The molecule has 0 aliphatic carbocycles. The molecule has 0 radical (unpaired) electrons. The molecular formula is C13H16O. The lowest BCUT2D eigenvalue weighted by Gasteiger charge is -2.07. The number of aryl methyl sites for hydroxylation is 2. The molecule has 1 heteroatoms. The van der Waals surface area contributed by atoms with Gasteiger partial charge >= 0.3 is 0 Å². The lowest BCUT2D eigenvalue weighted by Crippen LogP contribution is -2.06. The Morgan fingerprint density at radius 1 is 1.50 bits per heavy atom. The van der Waals surface area contributed by atoms with Crippen LogP contribution in [0.25, 0.3) is 0 Å². The molecular weight excluding hydrogens is 172 g/mol. The Hall–Kier alpha value is -1.26. The van der Waals surface area contributed by atoms with Crippen molar-refractivity contribution < 1.29 is 5.11 Å². The smallest absolute Gasteiger partial charge is 0.0652 e. The summed E-state index contributed by atoms with van der Waals surface area (Å²) in [5, 5.41) is 9.44. The normalized spacial score (nSPS) is 12.1. The van der Waals surface area contributed by atoms with Gasteiger partial charge in [-0.3, -0.25) is 0 Å². The van der Waals surface area contributed by atoms with Gasteiger partial charge in [-0.2, -0.15) is 0 Å². The van der Waals surface area contributed by atoms with Gasteiger partial charge in [0.1, 0.15) is 0 Å². The molecule has 0 amide bonds. The maximum atomic E-state index is 9.44. The number of hydrogen-bond donors (Lipinski definition) is 1. The predicted octanol–water partition coefficient (Wildman–Crippen LogP) is 2.31. The third-order valence-corrected chi connectivity index (χ3v) is 2.20. The summed E-state index contributed by atoms with van der Waals surface area (Å²) in [6.07, 6.45) is 6.84. The summed E-state index contributed by atoms with van der Waals surface area (Å²) in [5.41, 5.74) is 2.52. The number of benzene rings is 1. The summed E-state index contributed by atoms with van der Waals surface area (Å²) in [6.45, 7) is 2.07. The molecule has 1 N–H and O–H groups in total. The predicted molar refractivity (Wildman–Crippen MR) is 59.0 cm³/mol. The standard InChI is InChI=1S/C13H16O/c1-3-5-13(14)9-8-12-7-4-6-11(2)10-12/h1,4,6-7,10,13-14H,5,8-9H2,2H3. The minimum Gasteiger partial charge on any atom is -0.392 e. The molecule has 74 valence electrons. The van der Waals surface area contributed by atoms with Gasteiger partial charge in [0, 0.05) is 6.42 Å². The largest absolute Gasteiger partial charge is 0.392 e. The lowest BCUT2D eigenvalue weighted by atomic mass is 10.0. The van der Waals surface area contributed by atoms with Crippen molar-refractivity contribution in [3.8, 4) is 12.3 Å². The summed E-state index contributed by atoms with van der Waals surface area (Å²) in [6, 6.07) is 8.33.